The van der Waals surface area contributed by atoms with Gasteiger partial charge in [0.1, 0.15) is 5.82 Å². The fourth-order valence-electron chi connectivity index (χ4n) is 3.04. The molecule has 1 aromatic heterocycles. The summed E-state index contributed by atoms with van der Waals surface area (Å²) >= 11 is 0. The lowest BCUT2D eigenvalue weighted by Gasteiger charge is -2.30. The van der Waals surface area contributed by atoms with E-state index in [0.717, 1.165) is 24.1 Å². The van der Waals surface area contributed by atoms with E-state index in [1.165, 1.54) is 12.1 Å². The second kappa shape index (κ2) is 6.98. The molecular weight excluding hydrogens is 321 g/mol. The van der Waals surface area contributed by atoms with E-state index in [4.69, 9.17) is 4.74 Å². The zero-order valence-corrected chi connectivity index (χ0v) is 13.5. The first-order valence-corrected chi connectivity index (χ1v) is 8.27. The minimum absolute atomic E-state index is 0.0621. The first kappa shape index (κ1) is 15.7. The van der Waals surface area contributed by atoms with Crippen molar-refractivity contribution in [3.05, 3.63) is 66.0 Å². The van der Waals surface area contributed by atoms with Gasteiger partial charge in [-0.25, -0.2) is 4.39 Å². The second-order valence-electron chi connectivity index (χ2n) is 6.03. The van der Waals surface area contributed by atoms with Gasteiger partial charge in [0, 0.05) is 12.6 Å². The number of aromatic nitrogens is 4. The summed E-state index contributed by atoms with van der Waals surface area (Å²) < 4.78 is 20.6. The zero-order valence-electron chi connectivity index (χ0n) is 13.5. The number of nitrogens with zero attached hydrogens (tertiary/aromatic N) is 4. The van der Waals surface area contributed by atoms with Gasteiger partial charge in [0.15, 0.2) is 0 Å². The fourth-order valence-corrected chi connectivity index (χ4v) is 3.04. The molecular formula is C18H18FN5O. The zero-order chi connectivity index (χ0) is 17.1. The van der Waals surface area contributed by atoms with Crippen LogP contribution in [-0.4, -0.2) is 32.9 Å². The molecule has 7 heteroatoms. The number of hydrogen-bond donors (Lipinski definition) is 1. The number of halogens is 1. The third kappa shape index (κ3) is 3.51. The van der Waals surface area contributed by atoms with Crippen molar-refractivity contribution in [1.82, 2.24) is 20.2 Å². The minimum atomic E-state index is -0.240. The van der Waals surface area contributed by atoms with E-state index in [1.54, 1.807) is 16.8 Å². The molecule has 2 heterocycles. The maximum atomic E-state index is 13.1. The molecule has 128 valence electrons. The molecule has 6 nitrogen and oxygen atoms in total. The van der Waals surface area contributed by atoms with Gasteiger partial charge >= 0.3 is 0 Å². The third-order valence-electron chi connectivity index (χ3n) is 4.33. The number of ether oxygens (including phenoxy) is 1. The molecule has 0 spiro atoms. The van der Waals surface area contributed by atoms with Gasteiger partial charge in [0.05, 0.1) is 11.8 Å². The fraction of sp³-hybridized carbons (Fsp3) is 0.278. The monoisotopic (exact) mass is 339 g/mol. The number of nitrogens with one attached hydrogen (secondary N) is 1. The second-order valence-corrected chi connectivity index (χ2v) is 6.03. The van der Waals surface area contributed by atoms with Crippen molar-refractivity contribution >= 4 is 5.95 Å². The predicted octanol–water partition coefficient (Wildman–Crippen LogP) is 3.13. The largest absolute Gasteiger partial charge is 0.373 e. The molecule has 1 fully saturated rings. The lowest BCUT2D eigenvalue weighted by atomic mass is 9.97. The molecule has 2 atom stereocenters. The van der Waals surface area contributed by atoms with Crippen LogP contribution in [0.3, 0.4) is 0 Å². The first-order chi connectivity index (χ1) is 12.3. The summed E-state index contributed by atoms with van der Waals surface area (Å²) in [4.78, 5) is 0. The van der Waals surface area contributed by atoms with Crippen LogP contribution < -0.4 is 5.32 Å². The van der Waals surface area contributed by atoms with Crippen molar-refractivity contribution in [2.45, 2.75) is 25.0 Å². The van der Waals surface area contributed by atoms with Gasteiger partial charge in [-0.1, -0.05) is 35.4 Å². The highest BCUT2D eigenvalue weighted by Gasteiger charge is 2.25. The summed E-state index contributed by atoms with van der Waals surface area (Å²) in [6.07, 6.45) is 1.57. The molecule has 2 aromatic carbocycles. The number of benzene rings is 2. The third-order valence-corrected chi connectivity index (χ3v) is 4.33. The Bertz CT molecular complexity index is 821. The summed E-state index contributed by atoms with van der Waals surface area (Å²) in [6.45, 7) is 0.632. The Morgan fingerprint density at radius 1 is 1.08 bits per heavy atom. The molecule has 0 saturated carbocycles. The molecule has 1 saturated heterocycles. The summed E-state index contributed by atoms with van der Waals surface area (Å²) in [5, 5.41) is 15.3. The van der Waals surface area contributed by atoms with Crippen LogP contribution in [0.25, 0.3) is 5.69 Å². The van der Waals surface area contributed by atoms with E-state index >= 15 is 0 Å². The molecule has 1 N–H and O–H groups in total. The average Bonchev–Trinajstić information content (AvgIpc) is 3.11. The average molecular weight is 339 g/mol. The highest BCUT2D eigenvalue weighted by atomic mass is 19.1. The molecule has 3 aromatic rings. The summed E-state index contributed by atoms with van der Waals surface area (Å²) in [6, 6.07) is 16.4. The Morgan fingerprint density at radius 2 is 1.88 bits per heavy atom. The molecule has 4 rings (SSSR count). The maximum Gasteiger partial charge on any atom is 0.247 e. The van der Waals surface area contributed by atoms with Crippen LogP contribution in [-0.2, 0) is 4.74 Å². The number of para-hydroxylation sites is 1. The number of hydrogen-bond acceptors (Lipinski definition) is 5. The van der Waals surface area contributed by atoms with E-state index < -0.39 is 0 Å². The highest BCUT2D eigenvalue weighted by molar-refractivity contribution is 5.39. The van der Waals surface area contributed by atoms with Gasteiger partial charge in [0.25, 0.3) is 0 Å². The molecule has 0 radical (unpaired) electrons. The Hall–Kier alpha value is -2.80. The van der Waals surface area contributed by atoms with Crippen LogP contribution in [0.5, 0.6) is 0 Å². The van der Waals surface area contributed by atoms with Gasteiger partial charge in [-0.15, -0.1) is 0 Å². The molecule has 0 unspecified atom stereocenters. The van der Waals surface area contributed by atoms with E-state index in [0.29, 0.717) is 12.6 Å². The Kier molecular flexibility index (Phi) is 4.39. The lowest BCUT2D eigenvalue weighted by molar-refractivity contribution is 0.00963. The van der Waals surface area contributed by atoms with Crippen molar-refractivity contribution in [3.8, 4) is 5.69 Å². The van der Waals surface area contributed by atoms with Gasteiger partial charge in [-0.2, -0.15) is 4.68 Å². The quantitative estimate of drug-likeness (QED) is 0.791. The molecule has 25 heavy (non-hydrogen) atoms. The van der Waals surface area contributed by atoms with Gasteiger partial charge in [0.2, 0.25) is 5.95 Å². The van der Waals surface area contributed by atoms with E-state index in [9.17, 15) is 4.39 Å². The molecule has 0 bridgehead atoms. The first-order valence-electron chi connectivity index (χ1n) is 8.27. The SMILES string of the molecule is Fc1ccc([C@@H]2C[C@@H](Nc3nnnn3-c3ccccc3)CCO2)cc1. The van der Waals surface area contributed by atoms with Crippen molar-refractivity contribution < 1.29 is 9.13 Å². The normalized spacial score (nSPS) is 20.4. The highest BCUT2D eigenvalue weighted by Crippen LogP contribution is 2.29. The Morgan fingerprint density at radius 3 is 2.68 bits per heavy atom. The Labute approximate surface area is 144 Å². The van der Waals surface area contributed by atoms with Crippen molar-refractivity contribution in [2.24, 2.45) is 0 Å². The summed E-state index contributed by atoms with van der Waals surface area (Å²) in [5.41, 5.74) is 1.88. The summed E-state index contributed by atoms with van der Waals surface area (Å²) in [5.74, 6) is 0.368. The van der Waals surface area contributed by atoms with Crippen molar-refractivity contribution in [2.75, 3.05) is 11.9 Å². The van der Waals surface area contributed by atoms with Crippen molar-refractivity contribution in [3.63, 3.8) is 0 Å². The smallest absolute Gasteiger partial charge is 0.247 e. The Balaban J connectivity index is 1.48. The molecule has 0 amide bonds. The van der Waals surface area contributed by atoms with Gasteiger partial charge in [-0.05, 0) is 53.1 Å². The van der Waals surface area contributed by atoms with Crippen LogP contribution >= 0.6 is 0 Å². The summed E-state index contributed by atoms with van der Waals surface area (Å²) in [7, 11) is 0. The van der Waals surface area contributed by atoms with Crippen LogP contribution in [0, 0.1) is 5.82 Å². The predicted molar refractivity (Wildman–Crippen MR) is 90.9 cm³/mol. The molecule has 1 aliphatic rings. The molecule has 1 aliphatic heterocycles. The van der Waals surface area contributed by atoms with E-state index in [-0.39, 0.29) is 18.0 Å². The number of rotatable bonds is 4. The van der Waals surface area contributed by atoms with Gasteiger partial charge in [-0.3, -0.25) is 0 Å². The number of tetrazole rings is 1. The van der Waals surface area contributed by atoms with Crippen LogP contribution in [0.2, 0.25) is 0 Å². The van der Waals surface area contributed by atoms with E-state index in [1.807, 2.05) is 30.3 Å². The topological polar surface area (TPSA) is 64.9 Å². The lowest BCUT2D eigenvalue weighted by Crippen LogP contribution is -2.31. The standard InChI is InChI=1S/C18H18FN5O/c19-14-8-6-13(7-9-14)17-12-15(10-11-25-17)20-18-21-22-23-24(18)16-4-2-1-3-5-16/h1-9,15,17H,10-12H2,(H,20,21,23)/t15-,17-/m0/s1. The molecule has 0 aliphatic carbocycles. The van der Waals surface area contributed by atoms with E-state index in [2.05, 4.69) is 20.8 Å². The number of anilines is 1. The maximum absolute atomic E-state index is 13.1. The van der Waals surface area contributed by atoms with Crippen LogP contribution in [0.15, 0.2) is 54.6 Å². The van der Waals surface area contributed by atoms with Crippen LogP contribution in [0.1, 0.15) is 24.5 Å². The van der Waals surface area contributed by atoms with Crippen molar-refractivity contribution in [1.29, 1.82) is 0 Å². The van der Waals surface area contributed by atoms with Crippen LogP contribution in [0.4, 0.5) is 10.3 Å². The van der Waals surface area contributed by atoms with Gasteiger partial charge < -0.3 is 10.1 Å². The minimum Gasteiger partial charge on any atom is -0.373 e.